The maximum Gasteiger partial charge on any atom is 0.159 e. The summed E-state index contributed by atoms with van der Waals surface area (Å²) < 4.78 is 27.9. The number of fused-ring (bicyclic) bond motifs is 1. The number of rotatable bonds is 4. The third-order valence-electron chi connectivity index (χ3n) is 3.51. The minimum Gasteiger partial charge on any atom is -0.306 e. The molecule has 1 aromatic heterocycles. The highest BCUT2D eigenvalue weighted by Gasteiger charge is 2.17. The van der Waals surface area contributed by atoms with Crippen molar-refractivity contribution in [1.29, 1.82) is 0 Å². The number of hydrogen-bond acceptors (Lipinski definition) is 2. The van der Waals surface area contributed by atoms with Crippen LogP contribution in [0.1, 0.15) is 24.1 Å². The molecule has 1 N–H and O–H groups in total. The lowest BCUT2D eigenvalue weighted by atomic mass is 9.97. The van der Waals surface area contributed by atoms with Gasteiger partial charge in [0.05, 0.1) is 6.04 Å². The molecule has 0 aliphatic heterocycles. The van der Waals surface area contributed by atoms with Gasteiger partial charge in [-0.15, -0.1) is 11.3 Å². The van der Waals surface area contributed by atoms with Gasteiger partial charge in [-0.05, 0) is 46.6 Å². The average Bonchev–Trinajstić information content (AvgIpc) is 2.96. The van der Waals surface area contributed by atoms with Crippen LogP contribution in [-0.2, 0) is 0 Å². The van der Waals surface area contributed by atoms with E-state index in [2.05, 4.69) is 17.4 Å². The molecule has 0 bridgehead atoms. The highest BCUT2D eigenvalue weighted by molar-refractivity contribution is 7.17. The van der Waals surface area contributed by atoms with Crippen molar-refractivity contribution in [1.82, 2.24) is 5.32 Å². The van der Waals surface area contributed by atoms with Crippen LogP contribution in [-0.4, -0.2) is 6.54 Å². The van der Waals surface area contributed by atoms with E-state index in [1.807, 2.05) is 24.4 Å². The molecule has 0 saturated carbocycles. The second-order valence-corrected chi connectivity index (χ2v) is 5.77. The second kappa shape index (κ2) is 5.92. The summed E-state index contributed by atoms with van der Waals surface area (Å²) in [4.78, 5) is 0. The lowest BCUT2D eigenvalue weighted by molar-refractivity contribution is 0.504. The topological polar surface area (TPSA) is 12.0 Å². The van der Waals surface area contributed by atoms with E-state index >= 15 is 0 Å². The zero-order valence-corrected chi connectivity index (χ0v) is 12.4. The Morgan fingerprint density at radius 2 is 1.95 bits per heavy atom. The summed E-state index contributed by atoms with van der Waals surface area (Å²) in [6.45, 7) is 2.74. The summed E-state index contributed by atoms with van der Waals surface area (Å²) in [6, 6.07) is 12.1. The van der Waals surface area contributed by atoms with Crippen molar-refractivity contribution in [2.24, 2.45) is 0 Å². The molecule has 0 spiro atoms. The number of halogens is 2. The van der Waals surface area contributed by atoms with E-state index in [0.29, 0.717) is 0 Å². The Hall–Kier alpha value is -1.78. The minimum atomic E-state index is -0.816. The third kappa shape index (κ3) is 2.69. The van der Waals surface area contributed by atoms with Crippen molar-refractivity contribution in [3.8, 4) is 0 Å². The lowest BCUT2D eigenvalue weighted by Gasteiger charge is -2.20. The number of nitrogens with one attached hydrogen (secondary N) is 1. The second-order valence-electron chi connectivity index (χ2n) is 4.85. The fourth-order valence-electron chi connectivity index (χ4n) is 2.55. The van der Waals surface area contributed by atoms with Crippen LogP contribution < -0.4 is 5.32 Å². The molecule has 0 aliphatic rings. The maximum absolute atomic E-state index is 13.5. The van der Waals surface area contributed by atoms with Gasteiger partial charge in [-0.2, -0.15) is 0 Å². The summed E-state index contributed by atoms with van der Waals surface area (Å²) in [5, 5.41) is 6.57. The van der Waals surface area contributed by atoms with Crippen molar-refractivity contribution < 1.29 is 8.78 Å². The van der Waals surface area contributed by atoms with Crippen LogP contribution in [0.15, 0.2) is 47.8 Å². The van der Waals surface area contributed by atoms with Crippen LogP contribution in [0.2, 0.25) is 0 Å². The van der Waals surface area contributed by atoms with Gasteiger partial charge in [-0.25, -0.2) is 8.78 Å². The number of hydrogen-bond donors (Lipinski definition) is 1. The van der Waals surface area contributed by atoms with Crippen LogP contribution in [0, 0.1) is 11.6 Å². The average molecular weight is 303 g/mol. The van der Waals surface area contributed by atoms with Crippen molar-refractivity contribution >= 4 is 21.4 Å². The van der Waals surface area contributed by atoms with Gasteiger partial charge in [-0.1, -0.05) is 31.2 Å². The van der Waals surface area contributed by atoms with Crippen molar-refractivity contribution in [3.05, 3.63) is 70.6 Å². The smallest absolute Gasteiger partial charge is 0.159 e. The van der Waals surface area contributed by atoms with E-state index in [1.54, 1.807) is 17.4 Å². The van der Waals surface area contributed by atoms with Gasteiger partial charge in [0.25, 0.3) is 0 Å². The Bertz CT molecular complexity index is 766. The standard InChI is InChI=1S/C17H15F2NS/c1-2-20-16(12-6-7-14(18)15(19)10-12)13-5-3-4-11-8-9-21-17(11)13/h3-10,16,20H,2H2,1H3. The summed E-state index contributed by atoms with van der Waals surface area (Å²) in [5.41, 5.74) is 1.83. The Labute approximate surface area is 126 Å². The van der Waals surface area contributed by atoms with E-state index in [1.165, 1.54) is 22.2 Å². The molecule has 21 heavy (non-hydrogen) atoms. The summed E-state index contributed by atoms with van der Waals surface area (Å²) >= 11 is 1.66. The molecule has 0 radical (unpaired) electrons. The van der Waals surface area contributed by atoms with E-state index in [4.69, 9.17) is 0 Å². The molecule has 0 fully saturated rings. The fraction of sp³-hybridized carbons (Fsp3) is 0.176. The van der Waals surface area contributed by atoms with Crippen LogP contribution in [0.5, 0.6) is 0 Å². The molecule has 1 nitrogen and oxygen atoms in total. The van der Waals surface area contributed by atoms with Gasteiger partial charge in [-0.3, -0.25) is 0 Å². The number of thiophene rings is 1. The predicted molar refractivity (Wildman–Crippen MR) is 83.7 cm³/mol. The van der Waals surface area contributed by atoms with E-state index in [9.17, 15) is 8.78 Å². The van der Waals surface area contributed by atoms with Gasteiger partial charge in [0.2, 0.25) is 0 Å². The monoisotopic (exact) mass is 303 g/mol. The molecule has 1 heterocycles. The zero-order valence-electron chi connectivity index (χ0n) is 11.6. The first-order valence-corrected chi connectivity index (χ1v) is 7.73. The fourth-order valence-corrected chi connectivity index (χ4v) is 3.49. The molecule has 1 atom stereocenters. The Kier molecular flexibility index (Phi) is 3.99. The quantitative estimate of drug-likeness (QED) is 0.724. The van der Waals surface area contributed by atoms with Gasteiger partial charge in [0.15, 0.2) is 11.6 Å². The molecule has 4 heteroatoms. The van der Waals surface area contributed by atoms with Gasteiger partial charge < -0.3 is 5.32 Å². The summed E-state index contributed by atoms with van der Waals surface area (Å²) in [6.07, 6.45) is 0. The first kappa shape index (κ1) is 14.2. The van der Waals surface area contributed by atoms with Crippen molar-refractivity contribution in [2.75, 3.05) is 6.54 Å². The van der Waals surface area contributed by atoms with Crippen LogP contribution in [0.3, 0.4) is 0 Å². The molecule has 0 saturated heterocycles. The molecule has 0 aliphatic carbocycles. The van der Waals surface area contributed by atoms with E-state index < -0.39 is 11.6 Å². The van der Waals surface area contributed by atoms with Gasteiger partial charge >= 0.3 is 0 Å². The van der Waals surface area contributed by atoms with Gasteiger partial charge in [0.1, 0.15) is 0 Å². The molecule has 108 valence electrons. The largest absolute Gasteiger partial charge is 0.306 e. The molecular weight excluding hydrogens is 288 g/mol. The first-order chi connectivity index (χ1) is 10.2. The SMILES string of the molecule is CCNC(c1ccc(F)c(F)c1)c1cccc2ccsc12. The molecular formula is C17H15F2NS. The van der Waals surface area contributed by atoms with Crippen molar-refractivity contribution in [2.45, 2.75) is 13.0 Å². The zero-order chi connectivity index (χ0) is 14.8. The number of benzene rings is 2. The molecule has 2 aromatic carbocycles. The highest BCUT2D eigenvalue weighted by atomic mass is 32.1. The third-order valence-corrected chi connectivity index (χ3v) is 4.48. The lowest BCUT2D eigenvalue weighted by Crippen LogP contribution is -2.22. The minimum absolute atomic E-state index is 0.146. The maximum atomic E-state index is 13.5. The normalized spacial score (nSPS) is 12.7. The van der Waals surface area contributed by atoms with Crippen LogP contribution in [0.4, 0.5) is 8.78 Å². The van der Waals surface area contributed by atoms with Gasteiger partial charge in [0, 0.05) is 4.70 Å². The van der Waals surface area contributed by atoms with Crippen LogP contribution in [0.25, 0.3) is 10.1 Å². The molecule has 3 rings (SSSR count). The first-order valence-electron chi connectivity index (χ1n) is 6.85. The van der Waals surface area contributed by atoms with Crippen molar-refractivity contribution in [3.63, 3.8) is 0 Å². The van der Waals surface area contributed by atoms with Crippen LogP contribution >= 0.6 is 11.3 Å². The molecule has 1 unspecified atom stereocenters. The van der Waals surface area contributed by atoms with E-state index in [0.717, 1.165) is 17.7 Å². The molecule has 3 aromatic rings. The Balaban J connectivity index is 2.13. The predicted octanol–water partition coefficient (Wildman–Crippen LogP) is 4.88. The summed E-state index contributed by atoms with van der Waals surface area (Å²) in [7, 11) is 0. The molecule has 0 amide bonds. The van der Waals surface area contributed by atoms with E-state index in [-0.39, 0.29) is 6.04 Å². The Morgan fingerprint density at radius 3 is 2.71 bits per heavy atom. The summed E-state index contributed by atoms with van der Waals surface area (Å²) in [5.74, 6) is -1.63. The Morgan fingerprint density at radius 1 is 1.10 bits per heavy atom. The highest BCUT2D eigenvalue weighted by Crippen LogP contribution is 2.32.